The molecule has 5 aromatic rings. The summed E-state index contributed by atoms with van der Waals surface area (Å²) in [7, 11) is 0. The second-order valence-corrected chi connectivity index (χ2v) is 8.58. The van der Waals surface area contributed by atoms with Crippen LogP contribution in [0.3, 0.4) is 0 Å². The molecule has 0 aromatic heterocycles. The van der Waals surface area contributed by atoms with Crippen LogP contribution in [0.25, 0.3) is 21.5 Å². The maximum atomic E-state index is 12.7. The van der Waals surface area contributed by atoms with Crippen molar-refractivity contribution in [2.75, 3.05) is 0 Å². The molecular formula is C30H20OS. The zero-order chi connectivity index (χ0) is 21.8. The van der Waals surface area contributed by atoms with E-state index < -0.39 is 0 Å². The van der Waals surface area contributed by atoms with E-state index >= 15 is 0 Å². The van der Waals surface area contributed by atoms with E-state index in [0.29, 0.717) is 5.56 Å². The number of fused-ring (bicyclic) bond motifs is 2. The first kappa shape index (κ1) is 20.1. The quantitative estimate of drug-likeness (QED) is 0.127. The second kappa shape index (κ2) is 9.14. The molecule has 32 heavy (non-hydrogen) atoms. The van der Waals surface area contributed by atoms with Crippen LogP contribution in [-0.2, 0) is 5.75 Å². The Balaban J connectivity index is 1.65. The lowest BCUT2D eigenvalue weighted by Gasteiger charge is -2.12. The summed E-state index contributed by atoms with van der Waals surface area (Å²) in [5.41, 5.74) is 2.76. The minimum Gasteiger partial charge on any atom is -0.279 e. The maximum Gasteiger partial charge on any atom is 0.236 e. The molecule has 0 saturated heterocycles. The number of carbonyl (C=O) groups excluding carboxylic acids is 1. The Morgan fingerprint density at radius 2 is 1.41 bits per heavy atom. The Kier molecular flexibility index (Phi) is 5.75. The van der Waals surface area contributed by atoms with Crippen molar-refractivity contribution in [3.63, 3.8) is 0 Å². The Morgan fingerprint density at radius 3 is 2.22 bits per heavy atom. The molecule has 0 aliphatic rings. The van der Waals surface area contributed by atoms with Crippen LogP contribution in [0.5, 0.6) is 0 Å². The van der Waals surface area contributed by atoms with Crippen molar-refractivity contribution in [3.8, 4) is 11.8 Å². The molecule has 0 N–H and O–H groups in total. The predicted octanol–water partition coefficient (Wildman–Crippen LogP) is 7.52. The van der Waals surface area contributed by atoms with Crippen molar-refractivity contribution in [1.82, 2.24) is 0 Å². The van der Waals surface area contributed by atoms with Gasteiger partial charge < -0.3 is 0 Å². The van der Waals surface area contributed by atoms with Crippen molar-refractivity contribution in [1.29, 1.82) is 0 Å². The van der Waals surface area contributed by atoms with E-state index in [4.69, 9.17) is 0 Å². The molecule has 0 atom stereocenters. The molecule has 2 heteroatoms. The van der Waals surface area contributed by atoms with Gasteiger partial charge in [0.05, 0.1) is 0 Å². The summed E-state index contributed by atoms with van der Waals surface area (Å²) in [5.74, 6) is 6.83. The van der Waals surface area contributed by atoms with Gasteiger partial charge in [0, 0.05) is 27.2 Å². The number of hydrogen-bond donors (Lipinski definition) is 0. The predicted molar refractivity (Wildman–Crippen MR) is 135 cm³/mol. The van der Waals surface area contributed by atoms with E-state index in [0.717, 1.165) is 32.9 Å². The van der Waals surface area contributed by atoms with Crippen LogP contribution in [0.1, 0.15) is 21.5 Å². The summed E-state index contributed by atoms with van der Waals surface area (Å²) in [5, 5.41) is 4.48. The normalized spacial score (nSPS) is 10.6. The summed E-state index contributed by atoms with van der Waals surface area (Å²) < 4.78 is 0. The Hall–Kier alpha value is -3.80. The van der Waals surface area contributed by atoms with Crippen LogP contribution < -0.4 is 0 Å². The molecule has 0 heterocycles. The fourth-order valence-corrected chi connectivity index (χ4v) is 4.82. The summed E-state index contributed by atoms with van der Waals surface area (Å²) >= 11 is 1.81. The molecule has 0 radical (unpaired) electrons. The van der Waals surface area contributed by atoms with Crippen LogP contribution in [-0.4, -0.2) is 5.78 Å². The van der Waals surface area contributed by atoms with Gasteiger partial charge in [0.15, 0.2) is 0 Å². The SMILES string of the molecule is O=C(C#Cc1c2ccccc2cc2cccc(CSc3ccccc3)c12)c1ccccc1. The standard InChI is InChI=1S/C30H20OS/c31-29(22-10-3-1-4-11-22)19-18-28-27-17-8-7-12-23(27)20-24-13-9-14-25(30(24)28)21-32-26-15-5-2-6-16-26/h1-17,20H,21H2. The molecule has 152 valence electrons. The summed E-state index contributed by atoms with van der Waals surface area (Å²) in [6.45, 7) is 0. The molecule has 0 saturated carbocycles. The van der Waals surface area contributed by atoms with Gasteiger partial charge in [-0.1, -0.05) is 96.9 Å². The molecule has 0 unspecified atom stereocenters. The number of hydrogen-bond acceptors (Lipinski definition) is 2. The Labute approximate surface area is 192 Å². The molecule has 0 bridgehead atoms. The zero-order valence-electron chi connectivity index (χ0n) is 17.4. The second-order valence-electron chi connectivity index (χ2n) is 7.53. The van der Waals surface area contributed by atoms with Crippen LogP contribution >= 0.6 is 11.8 Å². The third kappa shape index (κ3) is 4.17. The van der Waals surface area contributed by atoms with Gasteiger partial charge in [-0.3, -0.25) is 4.79 Å². The van der Waals surface area contributed by atoms with Gasteiger partial charge in [0.2, 0.25) is 5.78 Å². The van der Waals surface area contributed by atoms with Gasteiger partial charge in [0.25, 0.3) is 0 Å². The largest absolute Gasteiger partial charge is 0.279 e. The number of benzene rings is 5. The van der Waals surface area contributed by atoms with Gasteiger partial charge >= 0.3 is 0 Å². The van der Waals surface area contributed by atoms with Crippen LogP contribution in [0, 0.1) is 11.8 Å². The monoisotopic (exact) mass is 428 g/mol. The third-order valence-corrected chi connectivity index (χ3v) is 6.51. The summed E-state index contributed by atoms with van der Waals surface area (Å²) in [4.78, 5) is 13.9. The molecule has 0 amide bonds. The fraction of sp³-hybridized carbons (Fsp3) is 0.0333. The van der Waals surface area contributed by atoms with Crippen LogP contribution in [0.2, 0.25) is 0 Å². The third-order valence-electron chi connectivity index (χ3n) is 5.45. The molecule has 5 aromatic carbocycles. The Morgan fingerprint density at radius 1 is 0.719 bits per heavy atom. The molecular weight excluding hydrogens is 408 g/mol. The van der Waals surface area contributed by atoms with Crippen molar-refractivity contribution < 1.29 is 4.79 Å². The number of carbonyl (C=O) groups is 1. The van der Waals surface area contributed by atoms with E-state index in [1.165, 1.54) is 10.5 Å². The van der Waals surface area contributed by atoms with Crippen molar-refractivity contribution in [2.24, 2.45) is 0 Å². The van der Waals surface area contributed by atoms with Crippen LogP contribution in [0.15, 0.2) is 114 Å². The van der Waals surface area contributed by atoms with Gasteiger partial charge in [-0.05, 0) is 45.8 Å². The first-order valence-electron chi connectivity index (χ1n) is 10.5. The number of Topliss-reactive ketones (excluding diaryl/α,β-unsaturated/α-hetero) is 1. The lowest BCUT2D eigenvalue weighted by molar-refractivity contribution is 0.105. The van der Waals surface area contributed by atoms with E-state index in [-0.39, 0.29) is 5.78 Å². The Bertz CT molecular complexity index is 1480. The molecule has 0 fully saturated rings. The number of rotatable bonds is 4. The minimum absolute atomic E-state index is 0.164. The molecule has 1 nitrogen and oxygen atoms in total. The molecule has 0 aliphatic carbocycles. The van der Waals surface area contributed by atoms with Gasteiger partial charge in [-0.15, -0.1) is 11.8 Å². The first-order chi connectivity index (χ1) is 15.8. The van der Waals surface area contributed by atoms with Crippen molar-refractivity contribution in [2.45, 2.75) is 10.6 Å². The topological polar surface area (TPSA) is 17.1 Å². The highest BCUT2D eigenvalue weighted by Gasteiger charge is 2.11. The lowest BCUT2D eigenvalue weighted by atomic mass is 9.94. The molecule has 0 aliphatic heterocycles. The lowest BCUT2D eigenvalue weighted by Crippen LogP contribution is -1.95. The number of thioether (sulfide) groups is 1. The van der Waals surface area contributed by atoms with Crippen molar-refractivity contribution in [3.05, 3.63) is 126 Å². The van der Waals surface area contributed by atoms with E-state index in [1.807, 2.05) is 48.2 Å². The smallest absolute Gasteiger partial charge is 0.236 e. The molecule has 5 rings (SSSR count). The van der Waals surface area contributed by atoms with Gasteiger partial charge in [0.1, 0.15) is 0 Å². The summed E-state index contributed by atoms with van der Waals surface area (Å²) in [6, 6.07) is 36.5. The highest BCUT2D eigenvalue weighted by atomic mass is 32.2. The summed E-state index contributed by atoms with van der Waals surface area (Å²) in [6.07, 6.45) is 0. The highest BCUT2D eigenvalue weighted by Crippen LogP contribution is 2.33. The molecule has 0 spiro atoms. The van der Waals surface area contributed by atoms with Gasteiger partial charge in [-0.2, -0.15) is 0 Å². The van der Waals surface area contributed by atoms with Gasteiger partial charge in [-0.25, -0.2) is 0 Å². The first-order valence-corrected chi connectivity index (χ1v) is 11.5. The minimum atomic E-state index is -0.164. The van der Waals surface area contributed by atoms with E-state index in [1.54, 1.807) is 12.1 Å². The average Bonchev–Trinajstić information content (AvgIpc) is 2.86. The van der Waals surface area contributed by atoms with Crippen LogP contribution in [0.4, 0.5) is 0 Å². The average molecular weight is 429 g/mol. The zero-order valence-corrected chi connectivity index (χ0v) is 18.2. The highest BCUT2D eigenvalue weighted by molar-refractivity contribution is 7.98. The maximum absolute atomic E-state index is 12.7. The van der Waals surface area contributed by atoms with Crippen molar-refractivity contribution >= 4 is 39.1 Å². The fourth-order valence-electron chi connectivity index (χ4n) is 3.91. The van der Waals surface area contributed by atoms with E-state index in [9.17, 15) is 4.79 Å². The number of ketones is 1. The van der Waals surface area contributed by atoms with E-state index in [2.05, 4.69) is 72.5 Å².